The molecule has 20 heavy (non-hydrogen) atoms. The molecule has 0 radical (unpaired) electrons. The van der Waals surface area contributed by atoms with E-state index in [1.54, 1.807) is 0 Å². The standard InChI is InChI=1S/C11H16N6OS2/c1-3-4-5-9-15-17-11(20-9)13-8(18)6-19-10-12-7(2)14-16-10/h3-6H2,1-2H3,(H,12,14,16)(H,13,17,18). The summed E-state index contributed by atoms with van der Waals surface area (Å²) < 4.78 is 0. The van der Waals surface area contributed by atoms with Gasteiger partial charge in [0.25, 0.3) is 0 Å². The zero-order valence-corrected chi connectivity index (χ0v) is 13.0. The van der Waals surface area contributed by atoms with Gasteiger partial charge in [0.1, 0.15) is 10.8 Å². The summed E-state index contributed by atoms with van der Waals surface area (Å²) >= 11 is 2.71. The third kappa shape index (κ3) is 4.57. The molecule has 0 atom stereocenters. The third-order valence-corrected chi connectivity index (χ3v) is 4.11. The third-order valence-electron chi connectivity index (χ3n) is 2.37. The summed E-state index contributed by atoms with van der Waals surface area (Å²) in [5.41, 5.74) is 0. The Labute approximate surface area is 125 Å². The number of hydrogen-bond donors (Lipinski definition) is 2. The highest BCUT2D eigenvalue weighted by Crippen LogP contribution is 2.18. The summed E-state index contributed by atoms with van der Waals surface area (Å²) in [7, 11) is 0. The van der Waals surface area contributed by atoms with Crippen molar-refractivity contribution in [2.24, 2.45) is 0 Å². The van der Waals surface area contributed by atoms with Gasteiger partial charge in [0.2, 0.25) is 16.2 Å². The van der Waals surface area contributed by atoms with Crippen molar-refractivity contribution in [3.8, 4) is 0 Å². The highest BCUT2D eigenvalue weighted by atomic mass is 32.2. The number of nitrogens with one attached hydrogen (secondary N) is 2. The van der Waals surface area contributed by atoms with Crippen LogP contribution < -0.4 is 5.32 Å². The molecular formula is C11H16N6OS2. The first-order valence-electron chi connectivity index (χ1n) is 6.31. The number of unbranched alkanes of at least 4 members (excludes halogenated alkanes) is 1. The molecule has 9 heteroatoms. The fraction of sp³-hybridized carbons (Fsp3) is 0.545. The van der Waals surface area contributed by atoms with E-state index in [-0.39, 0.29) is 11.7 Å². The van der Waals surface area contributed by atoms with Crippen molar-refractivity contribution >= 4 is 34.1 Å². The maximum absolute atomic E-state index is 11.8. The van der Waals surface area contributed by atoms with Crippen molar-refractivity contribution in [3.63, 3.8) is 0 Å². The smallest absolute Gasteiger partial charge is 0.236 e. The fourth-order valence-corrected chi connectivity index (χ4v) is 2.85. The predicted molar refractivity (Wildman–Crippen MR) is 79.0 cm³/mol. The van der Waals surface area contributed by atoms with E-state index in [2.05, 4.69) is 37.6 Å². The van der Waals surface area contributed by atoms with Gasteiger partial charge in [0, 0.05) is 6.42 Å². The monoisotopic (exact) mass is 312 g/mol. The van der Waals surface area contributed by atoms with Crippen molar-refractivity contribution in [1.82, 2.24) is 25.4 Å². The van der Waals surface area contributed by atoms with Gasteiger partial charge in [-0.3, -0.25) is 15.2 Å². The largest absolute Gasteiger partial charge is 0.300 e. The van der Waals surface area contributed by atoms with Crippen LogP contribution in [0.25, 0.3) is 0 Å². The fourth-order valence-electron chi connectivity index (χ4n) is 1.41. The van der Waals surface area contributed by atoms with E-state index in [0.717, 1.165) is 30.1 Å². The van der Waals surface area contributed by atoms with Crippen molar-refractivity contribution in [1.29, 1.82) is 0 Å². The number of carbonyl (C=O) groups excluding carboxylic acids is 1. The van der Waals surface area contributed by atoms with Crippen LogP contribution in [-0.4, -0.2) is 37.0 Å². The minimum absolute atomic E-state index is 0.129. The molecule has 0 unspecified atom stereocenters. The average molecular weight is 312 g/mol. The van der Waals surface area contributed by atoms with Crippen molar-refractivity contribution in [2.75, 3.05) is 11.1 Å². The first-order chi connectivity index (χ1) is 9.67. The Balaban J connectivity index is 1.77. The van der Waals surface area contributed by atoms with Crippen molar-refractivity contribution in [3.05, 3.63) is 10.8 Å². The Hall–Kier alpha value is -1.48. The summed E-state index contributed by atoms with van der Waals surface area (Å²) in [6.45, 7) is 3.95. The van der Waals surface area contributed by atoms with Gasteiger partial charge in [-0.15, -0.1) is 15.3 Å². The number of aromatic nitrogens is 5. The molecule has 0 saturated heterocycles. The lowest BCUT2D eigenvalue weighted by atomic mass is 10.3. The van der Waals surface area contributed by atoms with Gasteiger partial charge >= 0.3 is 0 Å². The number of hydrogen-bond acceptors (Lipinski definition) is 7. The number of thioether (sulfide) groups is 1. The van der Waals surface area contributed by atoms with Gasteiger partial charge in [0.05, 0.1) is 5.75 Å². The molecule has 0 spiro atoms. The molecule has 2 N–H and O–H groups in total. The van der Waals surface area contributed by atoms with E-state index in [9.17, 15) is 4.79 Å². The lowest BCUT2D eigenvalue weighted by Gasteiger charge is -1.98. The molecule has 0 fully saturated rings. The van der Waals surface area contributed by atoms with Crippen LogP contribution >= 0.6 is 23.1 Å². The molecule has 0 aliphatic carbocycles. The highest BCUT2D eigenvalue weighted by molar-refractivity contribution is 7.99. The summed E-state index contributed by atoms with van der Waals surface area (Å²) in [5, 5.41) is 19.5. The normalized spacial score (nSPS) is 10.7. The first-order valence-corrected chi connectivity index (χ1v) is 8.11. The molecule has 7 nitrogen and oxygen atoms in total. The minimum atomic E-state index is -0.129. The van der Waals surface area contributed by atoms with Crippen LogP contribution in [0.15, 0.2) is 5.16 Å². The first kappa shape index (κ1) is 14.9. The number of aromatic amines is 1. The molecule has 108 valence electrons. The molecule has 2 aromatic rings. The quantitative estimate of drug-likeness (QED) is 0.759. The maximum Gasteiger partial charge on any atom is 0.236 e. The Bertz CT molecular complexity index is 567. The lowest BCUT2D eigenvalue weighted by Crippen LogP contribution is -2.13. The molecule has 0 aliphatic rings. The van der Waals surface area contributed by atoms with Gasteiger partial charge in [-0.25, -0.2) is 4.98 Å². The number of aryl methyl sites for hydroxylation is 2. The van der Waals surface area contributed by atoms with Crippen LogP contribution in [0.2, 0.25) is 0 Å². The van der Waals surface area contributed by atoms with Crippen LogP contribution in [-0.2, 0) is 11.2 Å². The second-order valence-electron chi connectivity index (χ2n) is 4.14. The second-order valence-corrected chi connectivity index (χ2v) is 6.15. The lowest BCUT2D eigenvalue weighted by molar-refractivity contribution is -0.113. The van der Waals surface area contributed by atoms with Gasteiger partial charge in [-0.1, -0.05) is 36.4 Å². The predicted octanol–water partition coefficient (Wildman–Crippen LogP) is 2.04. The molecule has 2 heterocycles. The number of anilines is 1. The molecule has 0 bridgehead atoms. The Morgan fingerprint density at radius 1 is 1.45 bits per heavy atom. The molecular weight excluding hydrogens is 296 g/mol. The van der Waals surface area contributed by atoms with Gasteiger partial charge in [-0.2, -0.15) is 0 Å². The number of amides is 1. The molecule has 0 aromatic carbocycles. The van der Waals surface area contributed by atoms with Crippen LogP contribution in [0.3, 0.4) is 0 Å². The molecule has 0 aliphatic heterocycles. The van der Waals surface area contributed by atoms with Crippen LogP contribution in [0.1, 0.15) is 30.6 Å². The minimum Gasteiger partial charge on any atom is -0.300 e. The van der Waals surface area contributed by atoms with Gasteiger partial charge < -0.3 is 0 Å². The molecule has 0 saturated carbocycles. The summed E-state index contributed by atoms with van der Waals surface area (Å²) in [4.78, 5) is 15.9. The topological polar surface area (TPSA) is 96.5 Å². The molecule has 2 aromatic heterocycles. The SMILES string of the molecule is CCCCc1nnc(NC(=O)CSc2n[nH]c(C)n2)s1. The Kier molecular flexibility index (Phi) is 5.48. The van der Waals surface area contributed by atoms with Gasteiger partial charge in [-0.05, 0) is 13.3 Å². The zero-order valence-electron chi connectivity index (χ0n) is 11.3. The van der Waals surface area contributed by atoms with Crippen LogP contribution in [0.4, 0.5) is 5.13 Å². The van der Waals surface area contributed by atoms with E-state index in [0.29, 0.717) is 10.3 Å². The van der Waals surface area contributed by atoms with E-state index in [1.165, 1.54) is 23.1 Å². The summed E-state index contributed by atoms with van der Waals surface area (Å²) in [6, 6.07) is 0. The van der Waals surface area contributed by atoms with E-state index in [1.807, 2.05) is 6.92 Å². The van der Waals surface area contributed by atoms with E-state index < -0.39 is 0 Å². The number of carbonyl (C=O) groups is 1. The Morgan fingerprint density at radius 2 is 2.30 bits per heavy atom. The zero-order chi connectivity index (χ0) is 14.4. The molecule has 2 rings (SSSR count). The highest BCUT2D eigenvalue weighted by Gasteiger charge is 2.10. The Morgan fingerprint density at radius 3 is 3.00 bits per heavy atom. The summed E-state index contributed by atoms with van der Waals surface area (Å²) in [5.74, 6) is 0.856. The average Bonchev–Trinajstić information content (AvgIpc) is 3.03. The van der Waals surface area contributed by atoms with Crippen LogP contribution in [0.5, 0.6) is 0 Å². The second kappa shape index (κ2) is 7.34. The van der Waals surface area contributed by atoms with E-state index >= 15 is 0 Å². The maximum atomic E-state index is 11.8. The number of nitrogens with zero attached hydrogens (tertiary/aromatic N) is 4. The summed E-state index contributed by atoms with van der Waals surface area (Å²) in [6.07, 6.45) is 3.12. The molecule has 1 amide bonds. The number of rotatable bonds is 7. The number of H-pyrrole nitrogens is 1. The van der Waals surface area contributed by atoms with Crippen LogP contribution in [0, 0.1) is 6.92 Å². The van der Waals surface area contributed by atoms with Crippen molar-refractivity contribution < 1.29 is 4.79 Å². The van der Waals surface area contributed by atoms with Gasteiger partial charge in [0.15, 0.2) is 0 Å². The van der Waals surface area contributed by atoms with E-state index in [4.69, 9.17) is 0 Å². The van der Waals surface area contributed by atoms with Crippen molar-refractivity contribution in [2.45, 2.75) is 38.3 Å².